The zero-order chi connectivity index (χ0) is 26.9. The molecular formula is C34H31N3O2. The lowest BCUT2D eigenvalue weighted by molar-refractivity contribution is -0.116. The van der Waals surface area contributed by atoms with E-state index in [0.29, 0.717) is 24.0 Å². The second-order valence-electron chi connectivity index (χ2n) is 10.4. The summed E-state index contributed by atoms with van der Waals surface area (Å²) >= 11 is 0. The Hall–Kier alpha value is -4.64. The molecule has 1 amide bonds. The number of benzene rings is 4. The number of allylic oxidation sites excluding steroid dienone is 1. The van der Waals surface area contributed by atoms with Gasteiger partial charge in [0.25, 0.3) is 5.91 Å². The maximum Gasteiger partial charge on any atom is 0.259 e. The molecule has 1 N–H and O–H groups in total. The lowest BCUT2D eigenvalue weighted by Gasteiger charge is -2.35. The smallest absolute Gasteiger partial charge is 0.259 e. The van der Waals surface area contributed by atoms with Gasteiger partial charge in [0.2, 0.25) is 0 Å². The van der Waals surface area contributed by atoms with Crippen molar-refractivity contribution < 1.29 is 9.59 Å². The average Bonchev–Trinajstić information content (AvgIpc) is 3.12. The van der Waals surface area contributed by atoms with Crippen molar-refractivity contribution >= 4 is 28.8 Å². The van der Waals surface area contributed by atoms with Crippen LogP contribution in [0.3, 0.4) is 0 Å². The highest BCUT2D eigenvalue weighted by Crippen LogP contribution is 2.48. The quantitative estimate of drug-likeness (QED) is 0.320. The molecule has 1 aliphatic heterocycles. The number of para-hydroxylation sites is 2. The fourth-order valence-electron chi connectivity index (χ4n) is 5.76. The molecule has 0 saturated heterocycles. The Morgan fingerprint density at radius 2 is 1.41 bits per heavy atom. The number of carbonyl (C=O) groups excluding carboxylic acids is 2. The molecule has 0 unspecified atom stereocenters. The first kappa shape index (κ1) is 24.7. The van der Waals surface area contributed by atoms with Gasteiger partial charge in [0.05, 0.1) is 17.4 Å². The summed E-state index contributed by atoms with van der Waals surface area (Å²) in [6.45, 7) is 0. The van der Waals surface area contributed by atoms with Crippen LogP contribution in [0.25, 0.3) is 0 Å². The van der Waals surface area contributed by atoms with Crippen molar-refractivity contribution in [3.8, 4) is 0 Å². The summed E-state index contributed by atoms with van der Waals surface area (Å²) in [4.78, 5) is 32.3. The van der Waals surface area contributed by atoms with Crippen molar-refractivity contribution in [1.29, 1.82) is 0 Å². The van der Waals surface area contributed by atoms with E-state index < -0.39 is 6.04 Å². The predicted octanol–water partition coefficient (Wildman–Crippen LogP) is 6.97. The largest absolute Gasteiger partial charge is 0.378 e. The first-order chi connectivity index (χ1) is 19.0. The summed E-state index contributed by atoms with van der Waals surface area (Å²) < 4.78 is 0. The third-order valence-electron chi connectivity index (χ3n) is 7.72. The van der Waals surface area contributed by atoms with Crippen molar-refractivity contribution in [1.82, 2.24) is 0 Å². The van der Waals surface area contributed by atoms with E-state index in [1.807, 2.05) is 121 Å². The highest BCUT2D eigenvalue weighted by Gasteiger charge is 2.41. The molecule has 5 heteroatoms. The van der Waals surface area contributed by atoms with Gasteiger partial charge in [-0.05, 0) is 59.9 Å². The summed E-state index contributed by atoms with van der Waals surface area (Å²) in [5, 5.41) is 3.61. The summed E-state index contributed by atoms with van der Waals surface area (Å²) in [5.41, 5.74) is 6.83. The molecule has 2 atom stereocenters. The van der Waals surface area contributed by atoms with Gasteiger partial charge in [-0.1, -0.05) is 72.8 Å². The molecule has 0 saturated carbocycles. The van der Waals surface area contributed by atoms with E-state index in [1.54, 1.807) is 0 Å². The van der Waals surface area contributed by atoms with Gasteiger partial charge in [-0.15, -0.1) is 0 Å². The summed E-state index contributed by atoms with van der Waals surface area (Å²) in [6, 6.07) is 35.0. The fraction of sp³-hybridized carbons (Fsp3) is 0.176. The number of fused-ring (bicyclic) bond motifs is 1. The SMILES string of the molecule is CN(C)c1ccc([C@H]2C3=C(C[C@@H](c4ccccc4)CC3=O)Nc3ccccc3N2C(=O)c2ccccc2)cc1. The number of anilines is 3. The topological polar surface area (TPSA) is 52.7 Å². The van der Waals surface area contributed by atoms with Crippen LogP contribution in [0.2, 0.25) is 0 Å². The number of nitrogens with one attached hydrogen (secondary N) is 1. The molecule has 1 aliphatic carbocycles. The van der Waals surface area contributed by atoms with Crippen LogP contribution in [-0.2, 0) is 4.79 Å². The van der Waals surface area contributed by atoms with E-state index in [9.17, 15) is 9.59 Å². The van der Waals surface area contributed by atoms with Gasteiger partial charge < -0.3 is 10.2 Å². The second kappa shape index (κ2) is 10.3. The van der Waals surface area contributed by atoms with Crippen molar-refractivity contribution in [3.63, 3.8) is 0 Å². The number of Topliss-reactive ketones (excluding diaryl/α,β-unsaturated/α-hetero) is 1. The van der Waals surface area contributed by atoms with Crippen molar-refractivity contribution in [2.24, 2.45) is 0 Å². The molecule has 1 heterocycles. The Morgan fingerprint density at radius 3 is 2.10 bits per heavy atom. The van der Waals surface area contributed by atoms with Crippen LogP contribution < -0.4 is 15.1 Å². The van der Waals surface area contributed by atoms with Crippen LogP contribution in [-0.4, -0.2) is 25.8 Å². The third kappa shape index (κ3) is 4.61. The predicted molar refractivity (Wildman–Crippen MR) is 157 cm³/mol. The number of amides is 1. The van der Waals surface area contributed by atoms with Gasteiger partial charge in [0.1, 0.15) is 0 Å². The fourth-order valence-corrected chi connectivity index (χ4v) is 5.76. The van der Waals surface area contributed by atoms with Crippen LogP contribution in [0.4, 0.5) is 17.1 Å². The molecule has 194 valence electrons. The standard InChI is InChI=1S/C34H31N3O2/c1-36(2)27-19-17-24(18-20-27)33-32-29(21-26(22-31(32)38)23-11-5-3-6-12-23)35-28-15-9-10-16-30(28)37(33)34(39)25-13-7-4-8-14-25/h3-20,26,33,35H,21-22H2,1-2H3/t26-,33+/m1/s1. The summed E-state index contributed by atoms with van der Waals surface area (Å²) in [5.74, 6) is 0.00137. The van der Waals surface area contributed by atoms with Crippen LogP contribution in [0.5, 0.6) is 0 Å². The minimum atomic E-state index is -0.565. The number of hydrogen-bond acceptors (Lipinski definition) is 4. The average molecular weight is 514 g/mol. The van der Waals surface area contributed by atoms with E-state index in [-0.39, 0.29) is 17.6 Å². The van der Waals surface area contributed by atoms with E-state index in [2.05, 4.69) is 17.4 Å². The van der Waals surface area contributed by atoms with Gasteiger partial charge in [-0.2, -0.15) is 0 Å². The summed E-state index contributed by atoms with van der Waals surface area (Å²) in [7, 11) is 4.00. The second-order valence-corrected chi connectivity index (χ2v) is 10.4. The van der Waals surface area contributed by atoms with Crippen LogP contribution >= 0.6 is 0 Å². The zero-order valence-corrected chi connectivity index (χ0v) is 22.2. The van der Waals surface area contributed by atoms with E-state index in [0.717, 1.165) is 33.9 Å². The molecular weight excluding hydrogens is 482 g/mol. The highest BCUT2D eigenvalue weighted by molar-refractivity contribution is 6.12. The van der Waals surface area contributed by atoms with E-state index >= 15 is 0 Å². The Kier molecular flexibility index (Phi) is 6.49. The maximum atomic E-state index is 14.3. The molecule has 6 rings (SSSR count). The molecule has 5 nitrogen and oxygen atoms in total. The normalized spacial score (nSPS) is 18.5. The molecule has 2 aliphatic rings. The lowest BCUT2D eigenvalue weighted by atomic mass is 9.78. The van der Waals surface area contributed by atoms with Crippen LogP contribution in [0.15, 0.2) is 120 Å². The first-order valence-electron chi connectivity index (χ1n) is 13.3. The Bertz CT molecular complexity index is 1540. The van der Waals surface area contributed by atoms with Crippen molar-refractivity contribution in [3.05, 3.63) is 137 Å². The minimum Gasteiger partial charge on any atom is -0.378 e. The molecule has 4 aromatic carbocycles. The number of hydrogen-bond donors (Lipinski definition) is 1. The minimum absolute atomic E-state index is 0.0676. The van der Waals surface area contributed by atoms with Gasteiger partial charge >= 0.3 is 0 Å². The molecule has 0 bridgehead atoms. The molecule has 0 aromatic heterocycles. The van der Waals surface area contributed by atoms with Crippen molar-refractivity contribution in [2.75, 3.05) is 29.2 Å². The number of ketones is 1. The van der Waals surface area contributed by atoms with E-state index in [1.165, 1.54) is 0 Å². The lowest BCUT2D eigenvalue weighted by Crippen LogP contribution is -2.38. The highest BCUT2D eigenvalue weighted by atomic mass is 16.2. The Balaban J connectivity index is 1.56. The molecule has 0 fully saturated rings. The molecule has 4 aromatic rings. The Labute approximate surface area is 229 Å². The molecule has 0 spiro atoms. The number of rotatable bonds is 4. The zero-order valence-electron chi connectivity index (χ0n) is 22.2. The molecule has 0 radical (unpaired) electrons. The molecule has 39 heavy (non-hydrogen) atoms. The van der Waals surface area contributed by atoms with E-state index in [4.69, 9.17) is 0 Å². The monoisotopic (exact) mass is 513 g/mol. The van der Waals surface area contributed by atoms with Crippen LogP contribution in [0.1, 0.15) is 46.3 Å². The van der Waals surface area contributed by atoms with Crippen molar-refractivity contribution in [2.45, 2.75) is 24.8 Å². The van der Waals surface area contributed by atoms with Gasteiger partial charge in [-0.25, -0.2) is 0 Å². The third-order valence-corrected chi connectivity index (χ3v) is 7.72. The van der Waals surface area contributed by atoms with Crippen LogP contribution in [0, 0.1) is 0 Å². The number of carbonyl (C=O) groups is 2. The van der Waals surface area contributed by atoms with Gasteiger partial charge in [0.15, 0.2) is 5.78 Å². The Morgan fingerprint density at radius 1 is 0.769 bits per heavy atom. The maximum absolute atomic E-state index is 14.3. The van der Waals surface area contributed by atoms with Gasteiger partial charge in [-0.3, -0.25) is 14.5 Å². The number of nitrogens with zero attached hydrogens (tertiary/aromatic N) is 2. The first-order valence-corrected chi connectivity index (χ1v) is 13.3. The van der Waals surface area contributed by atoms with Gasteiger partial charge in [0, 0.05) is 43.0 Å². The summed E-state index contributed by atoms with van der Waals surface area (Å²) in [6.07, 6.45) is 1.10.